The SMILES string of the molecule is O=[N+]([O-])c1ccc(N2CC[NH+](C[C@@H]3CC=CCC3)CC2)cc1. The second-order valence-electron chi connectivity index (χ2n) is 6.37. The fourth-order valence-electron chi connectivity index (χ4n) is 3.52. The van der Waals surface area contributed by atoms with Crippen LogP contribution in [0.15, 0.2) is 36.4 Å². The van der Waals surface area contributed by atoms with Gasteiger partial charge in [-0.3, -0.25) is 10.1 Å². The maximum absolute atomic E-state index is 10.7. The number of hydrogen-bond donors (Lipinski definition) is 1. The van der Waals surface area contributed by atoms with Gasteiger partial charge in [-0.15, -0.1) is 0 Å². The Balaban J connectivity index is 1.50. The lowest BCUT2D eigenvalue weighted by Gasteiger charge is -2.35. The Kier molecular flexibility index (Phi) is 4.73. The minimum absolute atomic E-state index is 0.165. The highest BCUT2D eigenvalue weighted by atomic mass is 16.6. The first-order chi connectivity index (χ1) is 10.7. The van der Waals surface area contributed by atoms with E-state index in [1.807, 2.05) is 12.1 Å². The van der Waals surface area contributed by atoms with Crippen LogP contribution in [-0.2, 0) is 0 Å². The molecule has 1 aliphatic heterocycles. The summed E-state index contributed by atoms with van der Waals surface area (Å²) in [6.07, 6.45) is 8.47. The van der Waals surface area contributed by atoms with E-state index in [1.165, 1.54) is 25.8 Å². The lowest BCUT2D eigenvalue weighted by Crippen LogP contribution is -3.15. The fourth-order valence-corrected chi connectivity index (χ4v) is 3.52. The second-order valence-corrected chi connectivity index (χ2v) is 6.37. The third kappa shape index (κ3) is 3.65. The molecule has 118 valence electrons. The number of rotatable bonds is 4. The van der Waals surface area contributed by atoms with Crippen LogP contribution >= 0.6 is 0 Å². The predicted octanol–water partition coefficient (Wildman–Crippen LogP) is 1.66. The van der Waals surface area contributed by atoms with Gasteiger partial charge in [0.2, 0.25) is 0 Å². The van der Waals surface area contributed by atoms with E-state index in [4.69, 9.17) is 0 Å². The summed E-state index contributed by atoms with van der Waals surface area (Å²) in [6.45, 7) is 5.69. The molecule has 1 aromatic carbocycles. The standard InChI is InChI=1S/C17H23N3O2/c21-20(22)17-8-6-16(7-9-17)19-12-10-18(11-13-19)14-15-4-2-1-3-5-15/h1-2,6-9,15H,3-5,10-14H2/p+1/t15-/m1/s1. The zero-order chi connectivity index (χ0) is 15.4. The van der Waals surface area contributed by atoms with Gasteiger partial charge in [-0.1, -0.05) is 12.2 Å². The Morgan fingerprint density at radius 3 is 2.50 bits per heavy atom. The van der Waals surface area contributed by atoms with Crippen molar-refractivity contribution in [1.29, 1.82) is 0 Å². The average Bonchev–Trinajstić information content (AvgIpc) is 2.57. The molecule has 1 N–H and O–H groups in total. The number of nitro groups is 1. The molecule has 0 saturated carbocycles. The number of hydrogen-bond acceptors (Lipinski definition) is 3. The van der Waals surface area contributed by atoms with Gasteiger partial charge in [0.05, 0.1) is 37.6 Å². The normalized spacial score (nSPS) is 22.7. The predicted molar refractivity (Wildman–Crippen MR) is 87.4 cm³/mol. The first-order valence-corrected chi connectivity index (χ1v) is 8.20. The van der Waals surface area contributed by atoms with Crippen molar-refractivity contribution in [3.63, 3.8) is 0 Å². The average molecular weight is 302 g/mol. The summed E-state index contributed by atoms with van der Waals surface area (Å²) in [5.41, 5.74) is 1.27. The van der Waals surface area contributed by atoms with Crippen molar-refractivity contribution < 1.29 is 9.82 Å². The minimum atomic E-state index is -0.343. The summed E-state index contributed by atoms with van der Waals surface area (Å²) in [4.78, 5) is 14.4. The smallest absolute Gasteiger partial charge is 0.269 e. The Labute approximate surface area is 131 Å². The summed E-state index contributed by atoms with van der Waals surface area (Å²) in [7, 11) is 0. The molecule has 22 heavy (non-hydrogen) atoms. The third-order valence-electron chi connectivity index (χ3n) is 4.85. The van der Waals surface area contributed by atoms with Crippen LogP contribution in [0.4, 0.5) is 11.4 Å². The molecule has 0 spiro atoms. The van der Waals surface area contributed by atoms with E-state index in [0.717, 1.165) is 37.8 Å². The number of allylic oxidation sites excluding steroid dienone is 2. The van der Waals surface area contributed by atoms with E-state index in [9.17, 15) is 10.1 Å². The highest BCUT2D eigenvalue weighted by Gasteiger charge is 2.23. The molecule has 2 aliphatic rings. The van der Waals surface area contributed by atoms with E-state index >= 15 is 0 Å². The molecule has 5 heteroatoms. The van der Waals surface area contributed by atoms with E-state index < -0.39 is 0 Å². The highest BCUT2D eigenvalue weighted by molar-refractivity contribution is 5.50. The number of quaternary nitrogens is 1. The number of nitro benzene ring substituents is 1. The molecule has 0 unspecified atom stereocenters. The van der Waals surface area contributed by atoms with E-state index in [2.05, 4.69) is 17.1 Å². The lowest BCUT2D eigenvalue weighted by molar-refractivity contribution is -0.904. The molecule has 1 heterocycles. The summed E-state index contributed by atoms with van der Waals surface area (Å²) in [6, 6.07) is 6.94. The molecular formula is C17H24N3O2+. The van der Waals surface area contributed by atoms with Crippen molar-refractivity contribution in [2.75, 3.05) is 37.6 Å². The van der Waals surface area contributed by atoms with Gasteiger partial charge in [0, 0.05) is 23.7 Å². The van der Waals surface area contributed by atoms with Crippen molar-refractivity contribution in [1.82, 2.24) is 0 Å². The largest absolute Gasteiger partial charge is 0.360 e. The summed E-state index contributed by atoms with van der Waals surface area (Å²) < 4.78 is 0. The summed E-state index contributed by atoms with van der Waals surface area (Å²) in [5.74, 6) is 0.853. The van der Waals surface area contributed by atoms with Crippen LogP contribution in [0.5, 0.6) is 0 Å². The third-order valence-corrected chi connectivity index (χ3v) is 4.85. The molecular weight excluding hydrogens is 278 g/mol. The van der Waals surface area contributed by atoms with Crippen molar-refractivity contribution >= 4 is 11.4 Å². The number of non-ortho nitro benzene ring substituents is 1. The van der Waals surface area contributed by atoms with Gasteiger partial charge in [-0.2, -0.15) is 0 Å². The highest BCUT2D eigenvalue weighted by Crippen LogP contribution is 2.19. The molecule has 1 atom stereocenters. The number of nitrogens with one attached hydrogen (secondary N) is 1. The lowest BCUT2D eigenvalue weighted by atomic mass is 9.94. The first-order valence-electron chi connectivity index (χ1n) is 8.20. The molecule has 1 aromatic rings. The number of benzene rings is 1. The van der Waals surface area contributed by atoms with Crippen molar-refractivity contribution in [3.05, 3.63) is 46.5 Å². The van der Waals surface area contributed by atoms with Crippen LogP contribution in [0.1, 0.15) is 19.3 Å². The van der Waals surface area contributed by atoms with Gasteiger partial charge >= 0.3 is 0 Å². The Hall–Kier alpha value is -1.88. The van der Waals surface area contributed by atoms with E-state index in [-0.39, 0.29) is 10.6 Å². The van der Waals surface area contributed by atoms with Crippen molar-refractivity contribution in [2.45, 2.75) is 19.3 Å². The Morgan fingerprint density at radius 1 is 1.18 bits per heavy atom. The van der Waals surface area contributed by atoms with Crippen LogP contribution < -0.4 is 9.80 Å². The minimum Gasteiger partial charge on any atom is -0.360 e. The van der Waals surface area contributed by atoms with E-state index in [0.29, 0.717) is 0 Å². The molecule has 5 nitrogen and oxygen atoms in total. The van der Waals surface area contributed by atoms with Crippen LogP contribution in [0.2, 0.25) is 0 Å². The van der Waals surface area contributed by atoms with Crippen molar-refractivity contribution in [3.8, 4) is 0 Å². The maximum Gasteiger partial charge on any atom is 0.269 e. The maximum atomic E-state index is 10.7. The van der Waals surface area contributed by atoms with Gasteiger partial charge in [-0.05, 0) is 31.4 Å². The molecule has 1 aliphatic carbocycles. The second kappa shape index (κ2) is 6.92. The molecule has 0 bridgehead atoms. The van der Waals surface area contributed by atoms with Gasteiger partial charge in [0.1, 0.15) is 0 Å². The van der Waals surface area contributed by atoms with Crippen LogP contribution in [0.3, 0.4) is 0 Å². The van der Waals surface area contributed by atoms with Crippen molar-refractivity contribution in [2.24, 2.45) is 5.92 Å². The summed E-state index contributed by atoms with van der Waals surface area (Å²) in [5, 5.41) is 10.7. The van der Waals surface area contributed by atoms with Gasteiger partial charge < -0.3 is 9.80 Å². The fraction of sp³-hybridized carbons (Fsp3) is 0.529. The number of piperazine rings is 1. The molecule has 0 amide bonds. The topological polar surface area (TPSA) is 50.8 Å². The van der Waals surface area contributed by atoms with Gasteiger partial charge in [0.25, 0.3) is 5.69 Å². The molecule has 0 radical (unpaired) electrons. The number of anilines is 1. The van der Waals surface area contributed by atoms with Gasteiger partial charge in [0.15, 0.2) is 0 Å². The Bertz CT molecular complexity index is 533. The number of nitrogens with zero attached hydrogens (tertiary/aromatic N) is 2. The van der Waals surface area contributed by atoms with Gasteiger partial charge in [-0.25, -0.2) is 0 Å². The summed E-state index contributed by atoms with van der Waals surface area (Å²) >= 11 is 0. The molecule has 3 rings (SSSR count). The van der Waals surface area contributed by atoms with Crippen LogP contribution in [-0.4, -0.2) is 37.6 Å². The van der Waals surface area contributed by atoms with Crippen LogP contribution in [0, 0.1) is 16.0 Å². The molecule has 1 fully saturated rings. The Morgan fingerprint density at radius 2 is 1.91 bits per heavy atom. The zero-order valence-corrected chi connectivity index (χ0v) is 12.9. The van der Waals surface area contributed by atoms with Crippen LogP contribution in [0.25, 0.3) is 0 Å². The molecule has 0 aromatic heterocycles. The first kappa shape index (κ1) is 15.0. The monoisotopic (exact) mass is 302 g/mol. The zero-order valence-electron chi connectivity index (χ0n) is 12.9. The van der Waals surface area contributed by atoms with E-state index in [1.54, 1.807) is 17.0 Å². The quantitative estimate of drug-likeness (QED) is 0.523. The molecule has 1 saturated heterocycles.